The fourth-order valence-corrected chi connectivity index (χ4v) is 9.72. The lowest BCUT2D eigenvalue weighted by molar-refractivity contribution is -0.387. The van der Waals surface area contributed by atoms with Crippen molar-refractivity contribution in [1.82, 2.24) is 9.80 Å². The van der Waals surface area contributed by atoms with Crippen molar-refractivity contribution in [2.45, 2.75) is 73.2 Å². The van der Waals surface area contributed by atoms with Gasteiger partial charge in [0.2, 0.25) is 11.8 Å². The molecule has 0 radical (unpaired) electrons. The Balaban J connectivity index is 1.25. The number of hydrogen-bond donors (Lipinski definition) is 2. The van der Waals surface area contributed by atoms with Gasteiger partial charge < -0.3 is 29.8 Å². The van der Waals surface area contributed by atoms with Gasteiger partial charge in [0.25, 0.3) is 11.4 Å². The summed E-state index contributed by atoms with van der Waals surface area (Å²) < 4.78 is 0. The molecule has 2 amide bonds. The molecule has 2 atom stereocenters. The summed E-state index contributed by atoms with van der Waals surface area (Å²) in [4.78, 5) is 100.0. The van der Waals surface area contributed by atoms with Gasteiger partial charge in [-0.1, -0.05) is 36.0 Å². The number of nitrogens with zero attached hydrogens (tertiary/aromatic N) is 4. The number of likely N-dealkylation sites (tertiary alicyclic amines) is 2. The quantitative estimate of drug-likeness (QED) is 0.0600. The van der Waals surface area contributed by atoms with E-state index in [1.54, 1.807) is 48.5 Å². The van der Waals surface area contributed by atoms with Crippen LogP contribution in [0.3, 0.4) is 0 Å². The summed E-state index contributed by atoms with van der Waals surface area (Å²) in [6.45, 7) is 0.929. The Bertz CT molecular complexity index is 2490. The molecule has 4 aromatic rings. The van der Waals surface area contributed by atoms with Gasteiger partial charge in [-0.15, -0.1) is 0 Å². The van der Waals surface area contributed by atoms with E-state index in [0.717, 1.165) is 11.8 Å². The molecule has 2 N–H and O–H groups in total. The number of fused-ring (bicyclic) bond motifs is 2. The van der Waals surface area contributed by atoms with Crippen molar-refractivity contribution >= 4 is 59.0 Å². The number of hydrogen-bond acceptors (Lipinski definition) is 13. The molecule has 2 fully saturated rings. The van der Waals surface area contributed by atoms with Gasteiger partial charge in [0.05, 0.1) is 44.0 Å². The topological polar surface area (TPSA) is 238 Å². The Kier molecular flexibility index (Phi) is 13.2. The van der Waals surface area contributed by atoms with E-state index in [0.29, 0.717) is 85.1 Å². The Morgan fingerprint density at radius 1 is 0.631 bits per heavy atom. The molecular weight excluding hydrogens is 865 g/mol. The second-order valence-electron chi connectivity index (χ2n) is 15.8. The lowest BCUT2D eigenvalue weighted by atomic mass is 9.94. The summed E-state index contributed by atoms with van der Waals surface area (Å²) in [6, 6.07) is 13.8. The Labute approximate surface area is 375 Å². The maximum Gasteiger partial charge on any atom is 0.326 e. The minimum atomic E-state index is -1.12. The van der Waals surface area contributed by atoms with E-state index in [1.165, 1.54) is 46.2 Å². The Morgan fingerprint density at radius 3 is 1.46 bits per heavy atom. The van der Waals surface area contributed by atoms with Crippen LogP contribution >= 0.6 is 11.8 Å². The normalized spacial score (nSPS) is 18.3. The van der Waals surface area contributed by atoms with E-state index in [4.69, 9.17) is 19.6 Å². The highest BCUT2D eigenvalue weighted by atomic mass is 32.2. The standard InChI is InChI=1S/C46H42N4O14S/c51-39(47-21-3-1-5-33(47)45(53)54)17-11-27-9-15-37(43(49(57)58)41(27)31-7-13-35-29(25-31)19-23-61-63-35)65-38-16-10-28(12-18-40(52)48-22-4-2-6-34(48)46(55)56)42(44(38)50(59)60)32-8-14-36-30(26-32)20-24-62-64-36/h7-18,25-26,33-34H,1-6,19-24H2,(H,53,54)(H,55,56)/b17-11+,18-12+. The van der Waals surface area contributed by atoms with Gasteiger partial charge in [-0.2, -0.15) is 9.78 Å². The molecule has 0 saturated carbocycles. The van der Waals surface area contributed by atoms with Gasteiger partial charge in [-0.25, -0.2) is 9.59 Å². The van der Waals surface area contributed by atoms with Gasteiger partial charge >= 0.3 is 11.9 Å². The SMILES string of the molecule is O=C(O)C1CCCCN1C(=O)/C=C/c1ccc(Sc2ccc(/C=C/C(=O)N3CCCCC3C(=O)O)c(-c3ccc4c(c3)CCOO4)c2[N+](=O)[O-])c([N+](=O)[O-])c1-c1ccc2c(c1)CCOO2. The smallest absolute Gasteiger partial charge is 0.326 e. The number of nitro benzene ring substituents is 2. The number of aliphatic carboxylic acids is 2. The average Bonchev–Trinajstić information content (AvgIpc) is 3.31. The van der Waals surface area contributed by atoms with Gasteiger partial charge in [0.15, 0.2) is 11.5 Å². The fraction of sp³-hybridized carbons (Fsp3) is 0.304. The molecule has 4 heterocycles. The van der Waals surface area contributed by atoms with E-state index >= 15 is 0 Å². The molecule has 19 heteroatoms. The van der Waals surface area contributed by atoms with Crippen LogP contribution in [-0.4, -0.2) is 92.0 Å². The first-order valence-corrected chi connectivity index (χ1v) is 21.8. The molecular formula is C46H42N4O14S. The second kappa shape index (κ2) is 19.3. The monoisotopic (exact) mass is 906 g/mol. The highest BCUT2D eigenvalue weighted by Gasteiger charge is 2.34. The Morgan fingerprint density at radius 2 is 1.06 bits per heavy atom. The van der Waals surface area contributed by atoms with Crippen molar-refractivity contribution in [1.29, 1.82) is 0 Å². The summed E-state index contributed by atoms with van der Waals surface area (Å²) in [5, 5.41) is 46.3. The maximum absolute atomic E-state index is 13.5. The predicted octanol–water partition coefficient (Wildman–Crippen LogP) is 7.68. The zero-order valence-electron chi connectivity index (χ0n) is 34.7. The number of carboxylic acid groups (broad SMARTS) is 2. The van der Waals surface area contributed by atoms with Crippen molar-refractivity contribution in [3.63, 3.8) is 0 Å². The van der Waals surface area contributed by atoms with Crippen molar-refractivity contribution in [3.05, 3.63) is 115 Å². The van der Waals surface area contributed by atoms with Crippen LogP contribution in [0.2, 0.25) is 0 Å². The minimum absolute atomic E-state index is 0.0288. The second-order valence-corrected chi connectivity index (χ2v) is 16.8. The minimum Gasteiger partial charge on any atom is -0.480 e. The molecule has 4 aliphatic heterocycles. The number of carbonyl (C=O) groups is 4. The van der Waals surface area contributed by atoms with Crippen LogP contribution in [0.25, 0.3) is 34.4 Å². The van der Waals surface area contributed by atoms with Gasteiger partial charge in [-0.05, 0) is 109 Å². The summed E-state index contributed by atoms with van der Waals surface area (Å²) in [5.74, 6) is -2.55. The van der Waals surface area contributed by atoms with Crippen molar-refractivity contribution in [2.75, 3.05) is 26.3 Å². The highest BCUT2D eigenvalue weighted by molar-refractivity contribution is 7.99. The first-order valence-electron chi connectivity index (χ1n) is 21.0. The lowest BCUT2D eigenvalue weighted by Gasteiger charge is -2.32. The van der Waals surface area contributed by atoms with Crippen LogP contribution in [0.1, 0.15) is 60.8 Å². The molecule has 2 saturated heterocycles. The number of rotatable bonds is 12. The van der Waals surface area contributed by atoms with Crippen molar-refractivity contribution in [2.24, 2.45) is 0 Å². The molecule has 0 spiro atoms. The molecule has 4 aliphatic rings. The molecule has 65 heavy (non-hydrogen) atoms. The first kappa shape index (κ1) is 44.5. The average molecular weight is 907 g/mol. The number of carboxylic acids is 2. The molecule has 8 rings (SSSR count). The van der Waals surface area contributed by atoms with Crippen molar-refractivity contribution in [3.8, 4) is 33.8 Å². The maximum atomic E-state index is 13.5. The molecule has 336 valence electrons. The number of nitro groups is 2. The van der Waals surface area contributed by atoms with Crippen LogP contribution in [0.5, 0.6) is 11.5 Å². The number of piperidine rings is 2. The van der Waals surface area contributed by atoms with Gasteiger partial charge in [0.1, 0.15) is 12.1 Å². The summed E-state index contributed by atoms with van der Waals surface area (Å²) in [6.07, 6.45) is 9.21. The summed E-state index contributed by atoms with van der Waals surface area (Å²) in [7, 11) is 0. The van der Waals surface area contributed by atoms with Crippen molar-refractivity contribution < 1.29 is 58.8 Å². The van der Waals surface area contributed by atoms with Crippen LogP contribution < -0.4 is 9.78 Å². The summed E-state index contributed by atoms with van der Waals surface area (Å²) >= 11 is 0.790. The first-order chi connectivity index (χ1) is 31.4. The molecule has 2 unspecified atom stereocenters. The van der Waals surface area contributed by atoms with Crippen LogP contribution in [-0.2, 0) is 41.8 Å². The zero-order valence-corrected chi connectivity index (χ0v) is 35.5. The van der Waals surface area contributed by atoms with E-state index in [2.05, 4.69) is 0 Å². The molecule has 4 aromatic carbocycles. The van der Waals surface area contributed by atoms with Crippen LogP contribution in [0.4, 0.5) is 11.4 Å². The number of amides is 2. The van der Waals surface area contributed by atoms with Crippen LogP contribution in [0, 0.1) is 20.2 Å². The molecule has 18 nitrogen and oxygen atoms in total. The molecule has 0 aliphatic carbocycles. The van der Waals surface area contributed by atoms with E-state index < -0.39 is 57.1 Å². The van der Waals surface area contributed by atoms with Crippen LogP contribution in [0.15, 0.2) is 82.6 Å². The van der Waals surface area contributed by atoms with Gasteiger partial charge in [-0.3, -0.25) is 29.8 Å². The highest BCUT2D eigenvalue weighted by Crippen LogP contribution is 2.49. The largest absolute Gasteiger partial charge is 0.480 e. The molecule has 0 aromatic heterocycles. The third kappa shape index (κ3) is 9.43. The summed E-state index contributed by atoms with van der Waals surface area (Å²) in [5.41, 5.74) is 2.06. The number of benzene rings is 4. The zero-order chi connectivity index (χ0) is 45.8. The predicted molar refractivity (Wildman–Crippen MR) is 234 cm³/mol. The van der Waals surface area contributed by atoms with Gasteiger partial charge in [0, 0.05) is 49.2 Å². The third-order valence-electron chi connectivity index (χ3n) is 11.8. The third-order valence-corrected chi connectivity index (χ3v) is 12.9. The molecule has 0 bridgehead atoms. The van der Waals surface area contributed by atoms with E-state index in [9.17, 15) is 49.6 Å². The van der Waals surface area contributed by atoms with E-state index in [-0.39, 0.29) is 58.3 Å². The number of carbonyl (C=O) groups excluding carboxylic acids is 2. The lowest BCUT2D eigenvalue weighted by Crippen LogP contribution is -2.47. The Hall–Kier alpha value is -7.09. The van der Waals surface area contributed by atoms with E-state index in [1.807, 2.05) is 0 Å². The fourth-order valence-electron chi connectivity index (χ4n) is 8.66.